The lowest BCUT2D eigenvalue weighted by Gasteiger charge is -2.18. The summed E-state index contributed by atoms with van der Waals surface area (Å²) in [7, 11) is 0. The molecule has 0 aromatic carbocycles. The van der Waals surface area contributed by atoms with E-state index < -0.39 is 6.10 Å². The Balaban J connectivity index is 4.29. The normalized spacial score (nSPS) is 12.6. The zero-order chi connectivity index (χ0) is 55.0. The predicted octanol–water partition coefficient (Wildman–Crippen LogP) is 22.3. The highest BCUT2D eigenvalue weighted by Crippen LogP contribution is 2.16. The molecule has 0 N–H and O–H groups in total. The Morgan fingerprint density at radius 2 is 0.513 bits per heavy atom. The first kappa shape index (κ1) is 72.6. The van der Waals surface area contributed by atoms with E-state index in [4.69, 9.17) is 14.2 Å². The highest BCUT2D eigenvalue weighted by Gasteiger charge is 2.19. The lowest BCUT2D eigenvalue weighted by Crippen LogP contribution is -2.30. The standard InChI is InChI=1S/C70H122O6/c1-4-7-10-13-16-19-22-25-27-29-31-32-33-34-35-36-37-38-39-41-42-45-48-51-54-57-60-63-69(72)75-66-67(65-74-68(71)62-59-56-53-50-47-44-24-21-18-15-12-9-6-3)76-70(73)64-61-58-55-52-49-46-43-40-30-28-26-23-20-17-14-11-8-5-2/h7,10,16,19,21,24-25,27-28,30-32,34-35,67H,4-6,8-9,11-15,17-18,20,22-23,26,29,33,36-66H2,1-3H3/b10-7-,19-16-,24-21-,27-25-,30-28-,32-31-,35-34-. The Hall–Kier alpha value is -3.41. The molecule has 0 amide bonds. The van der Waals surface area contributed by atoms with Gasteiger partial charge < -0.3 is 14.2 Å². The maximum Gasteiger partial charge on any atom is 0.306 e. The van der Waals surface area contributed by atoms with Gasteiger partial charge in [0.1, 0.15) is 13.2 Å². The third kappa shape index (κ3) is 61.4. The molecule has 0 aliphatic carbocycles. The molecule has 1 atom stereocenters. The van der Waals surface area contributed by atoms with Crippen LogP contribution in [0, 0.1) is 0 Å². The fraction of sp³-hybridized carbons (Fsp3) is 0.757. The van der Waals surface area contributed by atoms with Gasteiger partial charge in [-0.25, -0.2) is 0 Å². The van der Waals surface area contributed by atoms with Gasteiger partial charge in [0, 0.05) is 19.3 Å². The molecule has 6 nitrogen and oxygen atoms in total. The SMILES string of the molecule is CC/C=C\C/C=C\C/C=C\C/C=C\C/C=C\CCCCCCCCCCCCCC(=O)OCC(COC(=O)CCCCCCC/C=C\CCCCCC)OC(=O)CCCCCCCCC/C=C\CCCCCCCCC. The van der Waals surface area contributed by atoms with Crippen LogP contribution in [0.4, 0.5) is 0 Å². The molecule has 0 aromatic rings. The molecule has 1 unspecified atom stereocenters. The topological polar surface area (TPSA) is 78.9 Å². The average molecular weight is 1060 g/mol. The fourth-order valence-corrected chi connectivity index (χ4v) is 9.23. The van der Waals surface area contributed by atoms with Crippen molar-refractivity contribution in [3.8, 4) is 0 Å². The Morgan fingerprint density at radius 1 is 0.276 bits per heavy atom. The third-order valence-corrected chi connectivity index (χ3v) is 14.1. The van der Waals surface area contributed by atoms with Gasteiger partial charge in [0.15, 0.2) is 6.10 Å². The monoisotopic (exact) mass is 1060 g/mol. The van der Waals surface area contributed by atoms with Gasteiger partial charge in [-0.15, -0.1) is 0 Å². The summed E-state index contributed by atoms with van der Waals surface area (Å²) in [6, 6.07) is 0. The lowest BCUT2D eigenvalue weighted by atomic mass is 10.0. The van der Waals surface area contributed by atoms with E-state index in [1.165, 1.54) is 186 Å². The minimum Gasteiger partial charge on any atom is -0.462 e. The Labute approximate surface area is 471 Å². The Bertz CT molecular complexity index is 1450. The molecule has 0 rings (SSSR count). The van der Waals surface area contributed by atoms with Crippen molar-refractivity contribution in [1.82, 2.24) is 0 Å². The molecule has 438 valence electrons. The summed E-state index contributed by atoms with van der Waals surface area (Å²) in [4.78, 5) is 38.3. The number of allylic oxidation sites excluding steroid dienone is 14. The van der Waals surface area contributed by atoms with Crippen molar-refractivity contribution in [3.63, 3.8) is 0 Å². The molecule has 0 spiro atoms. The van der Waals surface area contributed by atoms with E-state index in [1.54, 1.807) is 0 Å². The summed E-state index contributed by atoms with van der Waals surface area (Å²) in [5.41, 5.74) is 0. The van der Waals surface area contributed by atoms with Gasteiger partial charge in [-0.05, 0) is 116 Å². The number of unbranched alkanes of at least 4 members (excludes halogenated alkanes) is 34. The van der Waals surface area contributed by atoms with Crippen molar-refractivity contribution in [1.29, 1.82) is 0 Å². The lowest BCUT2D eigenvalue weighted by molar-refractivity contribution is -0.167. The minimum absolute atomic E-state index is 0.0806. The van der Waals surface area contributed by atoms with Gasteiger partial charge >= 0.3 is 17.9 Å². The first-order valence-electron chi connectivity index (χ1n) is 32.6. The van der Waals surface area contributed by atoms with Crippen LogP contribution >= 0.6 is 0 Å². The highest BCUT2D eigenvalue weighted by atomic mass is 16.6. The smallest absolute Gasteiger partial charge is 0.306 e. The second kappa shape index (κ2) is 64.1. The molecule has 0 aromatic heterocycles. The van der Waals surface area contributed by atoms with Crippen molar-refractivity contribution < 1.29 is 28.6 Å². The number of hydrogen-bond acceptors (Lipinski definition) is 6. The van der Waals surface area contributed by atoms with E-state index in [9.17, 15) is 14.4 Å². The summed E-state index contributed by atoms with van der Waals surface area (Å²) in [5, 5.41) is 0. The molecule has 0 aliphatic rings. The molecular weight excluding hydrogens is 937 g/mol. The van der Waals surface area contributed by atoms with E-state index in [1.807, 2.05) is 0 Å². The van der Waals surface area contributed by atoms with E-state index in [-0.39, 0.29) is 31.1 Å². The predicted molar refractivity (Wildman–Crippen MR) is 330 cm³/mol. The summed E-state index contributed by atoms with van der Waals surface area (Å²) < 4.78 is 16.9. The quantitative estimate of drug-likeness (QED) is 0.0261. The molecule has 76 heavy (non-hydrogen) atoms. The molecule has 6 heteroatoms. The van der Waals surface area contributed by atoms with Gasteiger partial charge in [0.05, 0.1) is 0 Å². The number of carbonyl (C=O) groups excluding carboxylic acids is 3. The number of rotatable bonds is 59. The van der Waals surface area contributed by atoms with Crippen LogP contribution in [0.5, 0.6) is 0 Å². The van der Waals surface area contributed by atoms with Crippen LogP contribution in [0.2, 0.25) is 0 Å². The molecule has 0 radical (unpaired) electrons. The van der Waals surface area contributed by atoms with Crippen LogP contribution in [0.25, 0.3) is 0 Å². The summed E-state index contributed by atoms with van der Waals surface area (Å²) in [5.74, 6) is -0.884. The Kier molecular flexibility index (Phi) is 61.2. The highest BCUT2D eigenvalue weighted by molar-refractivity contribution is 5.71. The number of ether oxygens (including phenoxy) is 3. The van der Waals surface area contributed by atoms with E-state index in [0.29, 0.717) is 19.3 Å². The van der Waals surface area contributed by atoms with E-state index >= 15 is 0 Å². The van der Waals surface area contributed by atoms with E-state index in [0.717, 1.165) is 96.3 Å². The largest absolute Gasteiger partial charge is 0.462 e. The maximum absolute atomic E-state index is 12.9. The summed E-state index contributed by atoms with van der Waals surface area (Å²) >= 11 is 0. The van der Waals surface area contributed by atoms with Gasteiger partial charge in [-0.2, -0.15) is 0 Å². The van der Waals surface area contributed by atoms with Crippen molar-refractivity contribution in [2.45, 2.75) is 329 Å². The molecule has 0 saturated heterocycles. The molecule has 0 fully saturated rings. The van der Waals surface area contributed by atoms with Crippen LogP contribution < -0.4 is 0 Å². The molecule has 0 heterocycles. The van der Waals surface area contributed by atoms with Gasteiger partial charge in [-0.3, -0.25) is 14.4 Å². The number of esters is 3. The zero-order valence-electron chi connectivity index (χ0n) is 50.3. The Morgan fingerprint density at radius 3 is 0.829 bits per heavy atom. The van der Waals surface area contributed by atoms with Gasteiger partial charge in [0.25, 0.3) is 0 Å². The van der Waals surface area contributed by atoms with Crippen molar-refractivity contribution in [2.75, 3.05) is 13.2 Å². The van der Waals surface area contributed by atoms with Crippen molar-refractivity contribution in [2.24, 2.45) is 0 Å². The fourth-order valence-electron chi connectivity index (χ4n) is 9.23. The summed E-state index contributed by atoms with van der Waals surface area (Å²) in [6.07, 6.45) is 84.5. The third-order valence-electron chi connectivity index (χ3n) is 14.1. The number of carbonyl (C=O) groups is 3. The maximum atomic E-state index is 12.9. The number of hydrogen-bond donors (Lipinski definition) is 0. The zero-order valence-corrected chi connectivity index (χ0v) is 50.3. The first-order chi connectivity index (χ1) is 37.5. The van der Waals surface area contributed by atoms with E-state index in [2.05, 4.69) is 106 Å². The minimum atomic E-state index is -0.784. The van der Waals surface area contributed by atoms with Crippen molar-refractivity contribution >= 4 is 17.9 Å². The van der Waals surface area contributed by atoms with Crippen LogP contribution in [-0.2, 0) is 28.6 Å². The van der Waals surface area contributed by atoms with Crippen LogP contribution in [-0.4, -0.2) is 37.2 Å². The molecule has 0 bridgehead atoms. The van der Waals surface area contributed by atoms with Gasteiger partial charge in [0.2, 0.25) is 0 Å². The second-order valence-electron chi connectivity index (χ2n) is 21.6. The van der Waals surface area contributed by atoms with Crippen LogP contribution in [0.15, 0.2) is 85.1 Å². The average Bonchev–Trinajstić information content (AvgIpc) is 3.42. The first-order valence-corrected chi connectivity index (χ1v) is 32.6. The molecule has 0 aliphatic heterocycles. The summed E-state index contributed by atoms with van der Waals surface area (Å²) in [6.45, 7) is 6.53. The van der Waals surface area contributed by atoms with Crippen LogP contribution in [0.3, 0.4) is 0 Å². The van der Waals surface area contributed by atoms with Crippen LogP contribution in [0.1, 0.15) is 323 Å². The molecular formula is C70H122O6. The van der Waals surface area contributed by atoms with Crippen molar-refractivity contribution in [3.05, 3.63) is 85.1 Å². The molecule has 0 saturated carbocycles. The van der Waals surface area contributed by atoms with Gasteiger partial charge in [-0.1, -0.05) is 273 Å². The second-order valence-corrected chi connectivity index (χ2v) is 21.6.